The lowest BCUT2D eigenvalue weighted by Gasteiger charge is -2.27. The van der Waals surface area contributed by atoms with Crippen LogP contribution in [-0.2, 0) is 20.7 Å². The largest absolute Gasteiger partial charge is 0.449 e. The second-order valence-corrected chi connectivity index (χ2v) is 7.01. The first-order valence-corrected chi connectivity index (χ1v) is 9.74. The van der Waals surface area contributed by atoms with Crippen LogP contribution in [0.2, 0.25) is 0 Å². The van der Waals surface area contributed by atoms with Gasteiger partial charge in [0.2, 0.25) is 0 Å². The van der Waals surface area contributed by atoms with Crippen LogP contribution >= 0.6 is 0 Å². The van der Waals surface area contributed by atoms with Crippen LogP contribution in [-0.4, -0.2) is 24.6 Å². The minimum absolute atomic E-state index is 0.0271. The molecule has 1 N–H and O–H groups in total. The number of aryl methyl sites for hydroxylation is 1. The monoisotopic (exact) mass is 415 g/mol. The van der Waals surface area contributed by atoms with E-state index in [4.69, 9.17) is 4.74 Å². The third kappa shape index (κ3) is 5.89. The third-order valence-electron chi connectivity index (χ3n) is 4.87. The molecule has 0 aliphatic heterocycles. The lowest BCUT2D eigenvalue weighted by molar-refractivity contribution is -0.150. The molecule has 1 aliphatic rings. The van der Waals surface area contributed by atoms with Crippen molar-refractivity contribution in [2.24, 2.45) is 0 Å². The number of nitrogens with one attached hydrogen (secondary N) is 1. The van der Waals surface area contributed by atoms with Gasteiger partial charge in [0.15, 0.2) is 6.10 Å². The van der Waals surface area contributed by atoms with Crippen molar-refractivity contribution in [3.05, 3.63) is 71.3 Å². The number of alkyl halides is 2. The minimum Gasteiger partial charge on any atom is -0.449 e. The Labute approximate surface area is 173 Å². The Balaban J connectivity index is 1.51. The second-order valence-electron chi connectivity index (χ2n) is 7.01. The average Bonchev–Trinajstić information content (AvgIpc) is 2.73. The number of amides is 1. The topological polar surface area (TPSA) is 64.6 Å². The summed E-state index contributed by atoms with van der Waals surface area (Å²) in [7, 11) is 0. The van der Waals surface area contributed by atoms with Gasteiger partial charge in [-0.2, -0.15) is 8.78 Å². The van der Waals surface area contributed by atoms with E-state index in [-0.39, 0.29) is 17.7 Å². The van der Waals surface area contributed by atoms with E-state index in [0.717, 1.165) is 24.8 Å². The number of carbonyl (C=O) groups excluding carboxylic acids is 2. The summed E-state index contributed by atoms with van der Waals surface area (Å²) in [4.78, 5) is 24.5. The zero-order valence-corrected chi connectivity index (χ0v) is 16.5. The number of fused-ring (bicyclic) bond motifs is 1. The van der Waals surface area contributed by atoms with E-state index in [9.17, 15) is 18.4 Å². The summed E-state index contributed by atoms with van der Waals surface area (Å²) < 4.78 is 33.7. The van der Waals surface area contributed by atoms with E-state index in [2.05, 4.69) is 16.1 Å². The molecular weight excluding hydrogens is 392 g/mol. The highest BCUT2D eigenvalue weighted by Gasteiger charge is 2.24. The predicted molar refractivity (Wildman–Crippen MR) is 108 cm³/mol. The summed E-state index contributed by atoms with van der Waals surface area (Å²) in [5.41, 5.74) is 2.94. The Morgan fingerprint density at radius 1 is 1.13 bits per heavy atom. The molecule has 0 aromatic heterocycles. The Morgan fingerprint density at radius 2 is 1.87 bits per heavy atom. The Bertz CT molecular complexity index is 912. The number of benzene rings is 2. The lowest BCUT2D eigenvalue weighted by atomic mass is 9.87. The molecule has 2 aromatic carbocycles. The fourth-order valence-electron chi connectivity index (χ4n) is 3.38. The molecule has 0 radical (unpaired) electrons. The number of esters is 1. The molecule has 158 valence electrons. The zero-order valence-electron chi connectivity index (χ0n) is 16.5. The normalized spacial score (nSPS) is 16.7. The van der Waals surface area contributed by atoms with Crippen molar-refractivity contribution in [3.8, 4) is 5.75 Å². The molecule has 0 unspecified atom stereocenters. The van der Waals surface area contributed by atoms with Crippen LogP contribution in [0.5, 0.6) is 5.75 Å². The maximum absolute atomic E-state index is 12.5. The summed E-state index contributed by atoms with van der Waals surface area (Å²) in [6.45, 7) is -1.37. The molecule has 7 heteroatoms. The van der Waals surface area contributed by atoms with Gasteiger partial charge in [-0.05, 0) is 61.1 Å². The molecule has 0 saturated heterocycles. The van der Waals surface area contributed by atoms with Gasteiger partial charge < -0.3 is 14.8 Å². The fourth-order valence-corrected chi connectivity index (χ4v) is 3.38. The molecule has 0 spiro atoms. The second kappa shape index (κ2) is 10.0. The van der Waals surface area contributed by atoms with Gasteiger partial charge >= 0.3 is 12.6 Å². The van der Waals surface area contributed by atoms with Crippen molar-refractivity contribution in [1.82, 2.24) is 5.32 Å². The van der Waals surface area contributed by atoms with E-state index in [1.165, 1.54) is 48.9 Å². The standard InChI is InChI=1S/C23H23F2NO4/c1-15(22(28)26-20-8-4-6-17-5-2-3-7-19(17)20)29-21(27)14-11-16-9-12-18(13-10-16)30-23(24)25/h2-3,5,7,9-15,20,23H,4,6,8H2,1H3,(H,26,28)/b14-11+/t15-,20-/m0/s1. The molecule has 1 aliphatic carbocycles. The van der Waals surface area contributed by atoms with E-state index in [0.29, 0.717) is 5.56 Å². The SMILES string of the molecule is C[C@H](OC(=O)/C=C/c1ccc(OC(F)F)cc1)C(=O)N[C@H]1CCCc2ccccc21. The Kier molecular flexibility index (Phi) is 7.17. The van der Waals surface area contributed by atoms with Crippen molar-refractivity contribution < 1.29 is 27.8 Å². The number of hydrogen-bond donors (Lipinski definition) is 1. The number of rotatable bonds is 7. The molecule has 2 atom stereocenters. The van der Waals surface area contributed by atoms with Crippen LogP contribution in [0, 0.1) is 0 Å². The average molecular weight is 415 g/mol. The number of ether oxygens (including phenoxy) is 2. The van der Waals surface area contributed by atoms with Gasteiger partial charge in [0.1, 0.15) is 5.75 Å². The van der Waals surface area contributed by atoms with Crippen LogP contribution < -0.4 is 10.1 Å². The molecule has 5 nitrogen and oxygen atoms in total. The maximum atomic E-state index is 12.5. The molecule has 0 bridgehead atoms. The molecular formula is C23H23F2NO4. The van der Waals surface area contributed by atoms with Gasteiger partial charge in [-0.15, -0.1) is 0 Å². The Morgan fingerprint density at radius 3 is 2.60 bits per heavy atom. The summed E-state index contributed by atoms with van der Waals surface area (Å²) in [5, 5.41) is 2.96. The number of halogens is 2. The molecule has 30 heavy (non-hydrogen) atoms. The van der Waals surface area contributed by atoms with Gasteiger partial charge in [0, 0.05) is 6.08 Å². The van der Waals surface area contributed by atoms with E-state index < -0.39 is 18.7 Å². The highest BCUT2D eigenvalue weighted by molar-refractivity contribution is 5.90. The lowest BCUT2D eigenvalue weighted by Crippen LogP contribution is -2.39. The quantitative estimate of drug-likeness (QED) is 0.537. The first-order valence-electron chi connectivity index (χ1n) is 9.74. The molecule has 0 saturated carbocycles. The van der Waals surface area contributed by atoms with E-state index in [1.807, 2.05) is 18.2 Å². The van der Waals surface area contributed by atoms with Gasteiger partial charge in [-0.1, -0.05) is 36.4 Å². The van der Waals surface area contributed by atoms with E-state index in [1.54, 1.807) is 0 Å². The molecule has 0 heterocycles. The van der Waals surface area contributed by atoms with Crippen molar-refractivity contribution in [1.29, 1.82) is 0 Å². The van der Waals surface area contributed by atoms with Gasteiger partial charge in [0.05, 0.1) is 6.04 Å². The van der Waals surface area contributed by atoms with Crippen molar-refractivity contribution in [2.45, 2.75) is 44.9 Å². The Hall–Kier alpha value is -3.22. The summed E-state index contributed by atoms with van der Waals surface area (Å²) in [6, 6.07) is 13.7. The fraction of sp³-hybridized carbons (Fsp3) is 0.304. The third-order valence-corrected chi connectivity index (χ3v) is 4.87. The van der Waals surface area contributed by atoms with Gasteiger partial charge in [-0.25, -0.2) is 4.79 Å². The smallest absolute Gasteiger partial charge is 0.387 e. The van der Waals surface area contributed by atoms with Crippen LogP contribution in [0.25, 0.3) is 6.08 Å². The van der Waals surface area contributed by atoms with Gasteiger partial charge in [-0.3, -0.25) is 4.79 Å². The van der Waals surface area contributed by atoms with Crippen molar-refractivity contribution in [3.63, 3.8) is 0 Å². The number of carbonyl (C=O) groups is 2. The molecule has 3 rings (SSSR count). The zero-order chi connectivity index (χ0) is 21.5. The molecule has 0 fully saturated rings. The van der Waals surface area contributed by atoms with Crippen LogP contribution in [0.3, 0.4) is 0 Å². The summed E-state index contributed by atoms with van der Waals surface area (Å²) >= 11 is 0. The number of hydrogen-bond acceptors (Lipinski definition) is 4. The first-order chi connectivity index (χ1) is 14.4. The van der Waals surface area contributed by atoms with Crippen LogP contribution in [0.15, 0.2) is 54.6 Å². The van der Waals surface area contributed by atoms with Crippen LogP contribution in [0.4, 0.5) is 8.78 Å². The van der Waals surface area contributed by atoms with E-state index >= 15 is 0 Å². The first kappa shape index (κ1) is 21.5. The minimum atomic E-state index is -2.89. The highest BCUT2D eigenvalue weighted by atomic mass is 19.3. The van der Waals surface area contributed by atoms with Crippen molar-refractivity contribution >= 4 is 18.0 Å². The van der Waals surface area contributed by atoms with Gasteiger partial charge in [0.25, 0.3) is 5.91 Å². The molecule has 1 amide bonds. The van der Waals surface area contributed by atoms with Crippen molar-refractivity contribution in [2.75, 3.05) is 0 Å². The predicted octanol–water partition coefficient (Wildman–Crippen LogP) is 4.43. The maximum Gasteiger partial charge on any atom is 0.387 e. The summed E-state index contributed by atoms with van der Waals surface area (Å²) in [6.07, 6.45) is 4.53. The highest BCUT2D eigenvalue weighted by Crippen LogP contribution is 2.29. The van der Waals surface area contributed by atoms with Crippen LogP contribution in [0.1, 0.15) is 42.5 Å². The summed E-state index contributed by atoms with van der Waals surface area (Å²) in [5.74, 6) is -0.999. The molecule has 2 aromatic rings.